The first-order valence-corrected chi connectivity index (χ1v) is 4.44. The van der Waals surface area contributed by atoms with Gasteiger partial charge in [-0.05, 0) is 25.5 Å². The second-order valence-electron chi connectivity index (χ2n) is 2.95. The summed E-state index contributed by atoms with van der Waals surface area (Å²) in [6, 6.07) is 1.81. The molecule has 5 heteroatoms. The molecule has 82 valence electrons. The Morgan fingerprint density at radius 2 is 2.07 bits per heavy atom. The average Bonchev–Trinajstić information content (AvgIpc) is 2.20. The summed E-state index contributed by atoms with van der Waals surface area (Å²) in [7, 11) is 0. The maximum Gasteiger partial charge on any atom is 0.277 e. The number of rotatable bonds is 3. The lowest BCUT2D eigenvalue weighted by molar-refractivity contribution is 0.0361. The molecule has 0 saturated heterocycles. The van der Waals surface area contributed by atoms with Gasteiger partial charge in [-0.3, -0.25) is 9.63 Å². The second kappa shape index (κ2) is 4.84. The number of hydroxylamine groups is 1. The molecule has 1 N–H and O–H groups in total. The Labute approximate surface area is 86.0 Å². The zero-order valence-corrected chi connectivity index (χ0v) is 8.43. The van der Waals surface area contributed by atoms with Crippen LogP contribution in [0.3, 0.4) is 0 Å². The van der Waals surface area contributed by atoms with Crippen molar-refractivity contribution in [2.45, 2.75) is 13.8 Å². The number of hydrogen-bond donors (Lipinski definition) is 1. The van der Waals surface area contributed by atoms with Crippen molar-refractivity contribution in [3.63, 3.8) is 0 Å². The molecule has 0 unspecified atom stereocenters. The predicted octanol–water partition coefficient (Wildman–Crippen LogP) is 1.95. The Hall–Kier alpha value is -1.49. The first kappa shape index (κ1) is 11.6. The van der Waals surface area contributed by atoms with Crippen LogP contribution in [-0.4, -0.2) is 12.5 Å². The van der Waals surface area contributed by atoms with E-state index in [0.717, 1.165) is 6.07 Å². The van der Waals surface area contributed by atoms with Crippen molar-refractivity contribution in [3.05, 3.63) is 34.9 Å². The van der Waals surface area contributed by atoms with E-state index >= 15 is 0 Å². The standard InChI is InChI=1S/C10H11F2NO2/c1-3-15-13-10(14)7-4-6(2)8(11)5-9(7)12/h4-5H,3H2,1-2H3,(H,13,14). The van der Waals surface area contributed by atoms with Gasteiger partial charge in [0.1, 0.15) is 11.6 Å². The van der Waals surface area contributed by atoms with Crippen LogP contribution in [0.1, 0.15) is 22.8 Å². The van der Waals surface area contributed by atoms with Gasteiger partial charge in [-0.1, -0.05) is 0 Å². The van der Waals surface area contributed by atoms with E-state index in [1.165, 1.54) is 6.92 Å². The van der Waals surface area contributed by atoms with Crippen LogP contribution in [0.15, 0.2) is 12.1 Å². The highest BCUT2D eigenvalue weighted by Gasteiger charge is 2.14. The van der Waals surface area contributed by atoms with E-state index in [9.17, 15) is 13.6 Å². The quantitative estimate of drug-likeness (QED) is 0.782. The number of halogens is 2. The number of benzene rings is 1. The van der Waals surface area contributed by atoms with Crippen LogP contribution < -0.4 is 5.48 Å². The van der Waals surface area contributed by atoms with Crippen molar-refractivity contribution in [1.82, 2.24) is 5.48 Å². The molecule has 0 aliphatic carbocycles. The number of aryl methyl sites for hydroxylation is 1. The van der Waals surface area contributed by atoms with Gasteiger partial charge in [0.25, 0.3) is 5.91 Å². The summed E-state index contributed by atoms with van der Waals surface area (Å²) >= 11 is 0. The van der Waals surface area contributed by atoms with Crippen molar-refractivity contribution < 1.29 is 18.4 Å². The maximum absolute atomic E-state index is 13.2. The topological polar surface area (TPSA) is 38.3 Å². The SMILES string of the molecule is CCONC(=O)c1cc(C)c(F)cc1F. The molecule has 3 nitrogen and oxygen atoms in total. The van der Waals surface area contributed by atoms with E-state index in [0.29, 0.717) is 6.07 Å². The van der Waals surface area contributed by atoms with Crippen LogP contribution in [0, 0.1) is 18.6 Å². The zero-order chi connectivity index (χ0) is 11.4. The molecule has 0 atom stereocenters. The molecule has 0 bridgehead atoms. The molecule has 15 heavy (non-hydrogen) atoms. The van der Waals surface area contributed by atoms with E-state index in [-0.39, 0.29) is 17.7 Å². The largest absolute Gasteiger partial charge is 0.277 e. The van der Waals surface area contributed by atoms with Crippen LogP contribution >= 0.6 is 0 Å². The Bertz CT molecular complexity index is 380. The Balaban J connectivity index is 2.94. The van der Waals surface area contributed by atoms with E-state index in [2.05, 4.69) is 4.84 Å². The fourth-order valence-corrected chi connectivity index (χ4v) is 1.02. The van der Waals surface area contributed by atoms with Crippen LogP contribution in [-0.2, 0) is 4.84 Å². The number of amides is 1. The zero-order valence-electron chi connectivity index (χ0n) is 8.43. The highest BCUT2D eigenvalue weighted by molar-refractivity contribution is 5.93. The predicted molar refractivity (Wildman–Crippen MR) is 50.2 cm³/mol. The van der Waals surface area contributed by atoms with Gasteiger partial charge >= 0.3 is 0 Å². The lowest BCUT2D eigenvalue weighted by atomic mass is 10.1. The second-order valence-corrected chi connectivity index (χ2v) is 2.95. The van der Waals surface area contributed by atoms with Gasteiger partial charge in [-0.25, -0.2) is 14.3 Å². The number of carbonyl (C=O) groups is 1. The Morgan fingerprint density at radius 3 is 2.67 bits per heavy atom. The van der Waals surface area contributed by atoms with Gasteiger partial charge < -0.3 is 0 Å². The summed E-state index contributed by atoms with van der Waals surface area (Å²) in [5, 5.41) is 0. The summed E-state index contributed by atoms with van der Waals surface area (Å²) in [6.45, 7) is 3.40. The van der Waals surface area contributed by atoms with Crippen LogP contribution in [0.4, 0.5) is 8.78 Å². The first-order valence-electron chi connectivity index (χ1n) is 4.44. The van der Waals surface area contributed by atoms with Gasteiger partial charge in [-0.15, -0.1) is 0 Å². The third-order valence-electron chi connectivity index (χ3n) is 1.80. The smallest absolute Gasteiger partial charge is 0.274 e. The normalized spacial score (nSPS) is 10.1. The fourth-order valence-electron chi connectivity index (χ4n) is 1.02. The number of carbonyl (C=O) groups excluding carboxylic acids is 1. The molecule has 0 spiro atoms. The van der Waals surface area contributed by atoms with E-state index < -0.39 is 17.5 Å². The van der Waals surface area contributed by atoms with Gasteiger partial charge in [0.05, 0.1) is 12.2 Å². The van der Waals surface area contributed by atoms with Crippen LogP contribution in [0.2, 0.25) is 0 Å². The average molecular weight is 215 g/mol. The summed E-state index contributed by atoms with van der Waals surface area (Å²) < 4.78 is 26.0. The lowest BCUT2D eigenvalue weighted by Crippen LogP contribution is -2.24. The highest BCUT2D eigenvalue weighted by Crippen LogP contribution is 2.13. The molecular formula is C10H11F2NO2. The molecule has 1 amide bonds. The minimum atomic E-state index is -0.907. The van der Waals surface area contributed by atoms with Crippen molar-refractivity contribution in [3.8, 4) is 0 Å². The van der Waals surface area contributed by atoms with E-state index in [4.69, 9.17) is 0 Å². The highest BCUT2D eigenvalue weighted by atomic mass is 19.1. The first-order chi connectivity index (χ1) is 7.06. The van der Waals surface area contributed by atoms with Crippen molar-refractivity contribution in [2.24, 2.45) is 0 Å². The molecule has 1 rings (SSSR count). The molecule has 0 aliphatic rings. The maximum atomic E-state index is 13.2. The Kier molecular flexibility index (Phi) is 3.74. The molecule has 0 radical (unpaired) electrons. The van der Waals surface area contributed by atoms with Gasteiger partial charge in [0, 0.05) is 6.07 Å². The fraction of sp³-hybridized carbons (Fsp3) is 0.300. The van der Waals surface area contributed by atoms with Crippen LogP contribution in [0.5, 0.6) is 0 Å². The third-order valence-corrected chi connectivity index (χ3v) is 1.80. The molecule has 0 aromatic heterocycles. The van der Waals surface area contributed by atoms with Crippen LogP contribution in [0.25, 0.3) is 0 Å². The summed E-state index contributed by atoms with van der Waals surface area (Å²) in [6.07, 6.45) is 0. The van der Waals surface area contributed by atoms with Gasteiger partial charge in [-0.2, -0.15) is 0 Å². The van der Waals surface area contributed by atoms with E-state index in [1.807, 2.05) is 5.48 Å². The summed E-state index contributed by atoms with van der Waals surface area (Å²) in [5.74, 6) is -2.31. The minimum absolute atomic E-state index is 0.207. The summed E-state index contributed by atoms with van der Waals surface area (Å²) in [5.41, 5.74) is 2.01. The molecule has 0 fully saturated rings. The van der Waals surface area contributed by atoms with Gasteiger partial charge in [0.15, 0.2) is 0 Å². The van der Waals surface area contributed by atoms with E-state index in [1.54, 1.807) is 6.92 Å². The summed E-state index contributed by atoms with van der Waals surface area (Å²) in [4.78, 5) is 15.9. The Morgan fingerprint density at radius 1 is 1.40 bits per heavy atom. The monoisotopic (exact) mass is 215 g/mol. The molecule has 0 aliphatic heterocycles. The van der Waals surface area contributed by atoms with Crippen molar-refractivity contribution in [1.29, 1.82) is 0 Å². The van der Waals surface area contributed by atoms with Gasteiger partial charge in [0.2, 0.25) is 0 Å². The third kappa shape index (κ3) is 2.73. The van der Waals surface area contributed by atoms with Crippen molar-refractivity contribution >= 4 is 5.91 Å². The molecule has 1 aromatic carbocycles. The molecule has 1 aromatic rings. The molecular weight excluding hydrogens is 204 g/mol. The molecule has 0 heterocycles. The molecule has 0 saturated carbocycles. The number of nitrogens with one attached hydrogen (secondary N) is 1. The minimum Gasteiger partial charge on any atom is -0.274 e. The number of hydrogen-bond acceptors (Lipinski definition) is 2. The van der Waals surface area contributed by atoms with Crippen molar-refractivity contribution in [2.75, 3.05) is 6.61 Å². The lowest BCUT2D eigenvalue weighted by Gasteiger charge is -2.06.